The van der Waals surface area contributed by atoms with Gasteiger partial charge in [-0.1, -0.05) is 0 Å². The van der Waals surface area contributed by atoms with Gasteiger partial charge >= 0.3 is 5.97 Å². The maximum Gasteiger partial charge on any atom is 0.327 e. The normalized spacial score (nSPS) is 30.8. The second kappa shape index (κ2) is 4.63. The fourth-order valence-corrected chi connectivity index (χ4v) is 3.71. The lowest BCUT2D eigenvalue weighted by Crippen LogP contribution is -2.49. The van der Waals surface area contributed by atoms with Gasteiger partial charge in [0.2, 0.25) is 5.91 Å². The monoisotopic (exact) mass is 248 g/mol. The Kier molecular flexibility index (Phi) is 3.42. The Hall–Kier alpha value is -0.400. The van der Waals surface area contributed by atoms with Crippen molar-refractivity contribution in [3.05, 3.63) is 0 Å². The molecule has 2 fully saturated rings. The van der Waals surface area contributed by atoms with E-state index in [1.165, 1.54) is 16.7 Å². The lowest BCUT2D eigenvalue weighted by atomic mass is 10.2. The summed E-state index contributed by atoms with van der Waals surface area (Å²) in [7, 11) is 0. The van der Waals surface area contributed by atoms with Crippen LogP contribution in [0.1, 0.15) is 0 Å². The van der Waals surface area contributed by atoms with Crippen LogP contribution in [-0.2, 0) is 9.59 Å². The molecule has 0 aromatic heterocycles. The number of amides is 1. The number of rotatable bonds is 2. The summed E-state index contributed by atoms with van der Waals surface area (Å²) in [5.41, 5.74) is 0. The topological polar surface area (TPSA) is 69.6 Å². The predicted molar refractivity (Wildman–Crippen MR) is 59.8 cm³/mol. The third-order valence-electron chi connectivity index (χ3n) is 2.46. The number of thioether (sulfide) groups is 2. The van der Waals surface area contributed by atoms with Crippen LogP contribution in [0.5, 0.6) is 0 Å². The highest BCUT2D eigenvalue weighted by atomic mass is 32.2. The summed E-state index contributed by atoms with van der Waals surface area (Å²) in [5.74, 6) is 1.54. The summed E-state index contributed by atoms with van der Waals surface area (Å²) < 4.78 is 0. The minimum Gasteiger partial charge on any atom is -0.480 e. The summed E-state index contributed by atoms with van der Waals surface area (Å²) in [4.78, 5) is 24.3. The zero-order valence-corrected chi connectivity index (χ0v) is 9.64. The van der Waals surface area contributed by atoms with Crippen LogP contribution in [0.4, 0.5) is 0 Å². The van der Waals surface area contributed by atoms with Crippen molar-refractivity contribution in [2.45, 2.75) is 12.1 Å². The van der Waals surface area contributed by atoms with Gasteiger partial charge in [-0.15, -0.1) is 23.5 Å². The molecular formula is C8H12N2O3S2. The van der Waals surface area contributed by atoms with E-state index in [9.17, 15) is 9.59 Å². The van der Waals surface area contributed by atoms with Gasteiger partial charge in [0.15, 0.2) is 0 Å². The zero-order chi connectivity index (χ0) is 10.8. The molecule has 2 aliphatic heterocycles. The number of carbonyl (C=O) groups is 2. The van der Waals surface area contributed by atoms with Crippen LogP contribution in [0.15, 0.2) is 0 Å². The van der Waals surface area contributed by atoms with Gasteiger partial charge in [-0.05, 0) is 0 Å². The SMILES string of the molecule is O=C(O)C1CSCN1C(=O)C1CSCN1. The van der Waals surface area contributed by atoms with Gasteiger partial charge in [0.25, 0.3) is 0 Å². The maximum absolute atomic E-state index is 11.9. The minimum atomic E-state index is -0.904. The second-order valence-electron chi connectivity index (χ2n) is 3.43. The summed E-state index contributed by atoms with van der Waals surface area (Å²) in [6, 6.07) is -0.842. The lowest BCUT2D eigenvalue weighted by Gasteiger charge is -2.23. The lowest BCUT2D eigenvalue weighted by molar-refractivity contribution is -0.148. The molecule has 2 heterocycles. The van der Waals surface area contributed by atoms with Gasteiger partial charge in [0.1, 0.15) is 6.04 Å². The molecular weight excluding hydrogens is 236 g/mol. The molecule has 2 aliphatic rings. The fourth-order valence-electron chi connectivity index (χ4n) is 1.62. The quantitative estimate of drug-likeness (QED) is 0.695. The Morgan fingerprint density at radius 1 is 1.33 bits per heavy atom. The zero-order valence-electron chi connectivity index (χ0n) is 8.01. The maximum atomic E-state index is 11.9. The Balaban J connectivity index is 2.02. The molecule has 2 unspecified atom stereocenters. The molecule has 2 saturated heterocycles. The summed E-state index contributed by atoms with van der Waals surface area (Å²) in [5, 5.41) is 12.0. The molecule has 84 valence electrons. The predicted octanol–water partition coefficient (Wildman–Crippen LogP) is -0.365. The van der Waals surface area contributed by atoms with Gasteiger partial charge in [-0.2, -0.15) is 0 Å². The molecule has 0 aromatic rings. The first-order valence-corrected chi connectivity index (χ1v) is 6.93. The number of nitrogens with one attached hydrogen (secondary N) is 1. The Morgan fingerprint density at radius 2 is 2.13 bits per heavy atom. The van der Waals surface area contributed by atoms with Crippen LogP contribution < -0.4 is 5.32 Å². The Bertz CT molecular complexity index is 281. The smallest absolute Gasteiger partial charge is 0.327 e. The van der Waals surface area contributed by atoms with Gasteiger partial charge in [-0.25, -0.2) is 4.79 Å². The molecule has 7 heteroatoms. The number of carboxylic acid groups (broad SMARTS) is 1. The fraction of sp³-hybridized carbons (Fsp3) is 0.750. The van der Waals surface area contributed by atoms with E-state index < -0.39 is 12.0 Å². The molecule has 2 atom stereocenters. The van der Waals surface area contributed by atoms with Crippen LogP contribution in [-0.4, -0.2) is 57.2 Å². The van der Waals surface area contributed by atoms with E-state index in [4.69, 9.17) is 5.11 Å². The summed E-state index contributed by atoms with van der Waals surface area (Å²) in [6.45, 7) is 0. The summed E-state index contributed by atoms with van der Waals surface area (Å²) >= 11 is 3.16. The van der Waals surface area contributed by atoms with Crippen LogP contribution in [0, 0.1) is 0 Å². The number of carbonyl (C=O) groups excluding carboxylic acids is 1. The van der Waals surface area contributed by atoms with E-state index in [1.807, 2.05) is 0 Å². The first kappa shape index (κ1) is 11.1. The first-order valence-electron chi connectivity index (χ1n) is 4.62. The number of aliphatic carboxylic acids is 1. The molecule has 2 N–H and O–H groups in total. The van der Waals surface area contributed by atoms with Crippen LogP contribution in [0.2, 0.25) is 0 Å². The third kappa shape index (κ3) is 2.24. The highest BCUT2D eigenvalue weighted by Crippen LogP contribution is 2.23. The van der Waals surface area contributed by atoms with Crippen LogP contribution >= 0.6 is 23.5 Å². The number of carboxylic acids is 1. The van der Waals surface area contributed by atoms with Crippen molar-refractivity contribution in [3.8, 4) is 0 Å². The number of hydrogen-bond donors (Lipinski definition) is 2. The van der Waals surface area contributed by atoms with Gasteiger partial charge in [-0.3, -0.25) is 10.1 Å². The average molecular weight is 248 g/mol. The van der Waals surface area contributed by atoms with Gasteiger partial charge in [0, 0.05) is 17.4 Å². The molecule has 2 rings (SSSR count). The van der Waals surface area contributed by atoms with Crippen molar-refractivity contribution in [2.24, 2.45) is 0 Å². The van der Waals surface area contributed by atoms with Crippen molar-refractivity contribution in [1.82, 2.24) is 10.2 Å². The van der Waals surface area contributed by atoms with Crippen LogP contribution in [0.25, 0.3) is 0 Å². The Labute approximate surface area is 96.0 Å². The highest BCUT2D eigenvalue weighted by molar-refractivity contribution is 7.99. The number of nitrogens with zero attached hydrogens (tertiary/aromatic N) is 1. The van der Waals surface area contributed by atoms with E-state index in [-0.39, 0.29) is 11.9 Å². The number of hydrogen-bond acceptors (Lipinski definition) is 5. The molecule has 0 aromatic carbocycles. The van der Waals surface area contributed by atoms with E-state index in [0.29, 0.717) is 11.6 Å². The first-order chi connectivity index (χ1) is 7.20. The molecule has 0 saturated carbocycles. The van der Waals surface area contributed by atoms with Gasteiger partial charge < -0.3 is 10.0 Å². The van der Waals surface area contributed by atoms with E-state index >= 15 is 0 Å². The Morgan fingerprint density at radius 3 is 2.73 bits per heavy atom. The van der Waals surface area contributed by atoms with Crippen molar-refractivity contribution in [3.63, 3.8) is 0 Å². The average Bonchev–Trinajstić information content (AvgIpc) is 2.88. The molecule has 5 nitrogen and oxygen atoms in total. The summed E-state index contributed by atoms with van der Waals surface area (Å²) in [6.07, 6.45) is 0. The molecule has 15 heavy (non-hydrogen) atoms. The second-order valence-corrected chi connectivity index (χ2v) is 5.46. The van der Waals surface area contributed by atoms with Crippen molar-refractivity contribution in [1.29, 1.82) is 0 Å². The minimum absolute atomic E-state index is 0.0719. The molecule has 0 aliphatic carbocycles. The third-order valence-corrected chi connectivity index (χ3v) is 4.42. The van der Waals surface area contributed by atoms with E-state index in [1.54, 1.807) is 11.8 Å². The van der Waals surface area contributed by atoms with Crippen LogP contribution in [0.3, 0.4) is 0 Å². The highest BCUT2D eigenvalue weighted by Gasteiger charge is 2.38. The largest absolute Gasteiger partial charge is 0.480 e. The van der Waals surface area contributed by atoms with E-state index in [0.717, 1.165) is 11.6 Å². The molecule has 0 radical (unpaired) electrons. The standard InChI is InChI=1S/C8H12N2O3S2/c11-7(5-1-14-3-9-5)10-4-15-2-6(10)8(12)13/h5-6,9H,1-4H2,(H,12,13). The van der Waals surface area contributed by atoms with Crippen molar-refractivity contribution >= 4 is 35.4 Å². The molecule has 0 spiro atoms. The molecule has 0 bridgehead atoms. The van der Waals surface area contributed by atoms with Crippen molar-refractivity contribution < 1.29 is 14.7 Å². The van der Waals surface area contributed by atoms with Crippen molar-refractivity contribution in [2.75, 3.05) is 23.3 Å². The molecule has 1 amide bonds. The van der Waals surface area contributed by atoms with E-state index in [2.05, 4.69) is 5.32 Å². The van der Waals surface area contributed by atoms with Gasteiger partial charge in [0.05, 0.1) is 11.9 Å².